The number of carbonyl (C=O) groups is 1. The van der Waals surface area contributed by atoms with Crippen LogP contribution < -0.4 is 4.74 Å². The molecular weight excluding hydrogens is 360 g/mol. The second-order valence-corrected chi connectivity index (χ2v) is 5.83. The van der Waals surface area contributed by atoms with E-state index in [0.717, 1.165) is 16.0 Å². The molecule has 0 bridgehead atoms. The van der Waals surface area contributed by atoms with E-state index in [4.69, 9.17) is 14.6 Å². The third kappa shape index (κ3) is 7.33. The van der Waals surface area contributed by atoms with E-state index in [0.29, 0.717) is 5.75 Å². The Bertz CT molecular complexity index is 907. The fraction of sp³-hybridized carbons (Fsp3) is 0.136. The van der Waals surface area contributed by atoms with E-state index < -0.39 is 12.6 Å². The Balaban J connectivity index is 1.80. The van der Waals surface area contributed by atoms with Crippen molar-refractivity contribution in [1.82, 2.24) is 0 Å². The molecule has 0 atom stereocenters. The molecule has 136 valence electrons. The van der Waals surface area contributed by atoms with Crippen molar-refractivity contribution < 1.29 is 19.4 Å². The van der Waals surface area contributed by atoms with Crippen LogP contribution in [0, 0.1) is 23.7 Å². The van der Waals surface area contributed by atoms with Gasteiger partial charge in [0.25, 0.3) is 0 Å². The molecule has 0 unspecified atom stereocenters. The zero-order valence-corrected chi connectivity index (χ0v) is 15.5. The molecule has 0 amide bonds. The lowest BCUT2D eigenvalue weighted by molar-refractivity contribution is -0.140. The van der Waals surface area contributed by atoms with Crippen LogP contribution in [0.15, 0.2) is 65.6 Å². The SMILES string of the molecule is C=C(CO)C(=O)OCCOc1ccc(C#CC#Cc2ccc(S)cc2)cc1. The third-order valence-electron chi connectivity index (χ3n) is 3.26. The van der Waals surface area contributed by atoms with Crippen molar-refractivity contribution in [3.05, 3.63) is 71.8 Å². The molecule has 0 spiro atoms. The maximum absolute atomic E-state index is 11.3. The number of esters is 1. The van der Waals surface area contributed by atoms with Crippen LogP contribution in [-0.2, 0) is 9.53 Å². The molecule has 4 nitrogen and oxygen atoms in total. The molecule has 2 aromatic carbocycles. The van der Waals surface area contributed by atoms with Crippen molar-refractivity contribution in [3.8, 4) is 29.4 Å². The highest BCUT2D eigenvalue weighted by Gasteiger charge is 2.06. The van der Waals surface area contributed by atoms with Crippen molar-refractivity contribution in [2.45, 2.75) is 4.90 Å². The Morgan fingerprint density at radius 2 is 1.52 bits per heavy atom. The average Bonchev–Trinajstić information content (AvgIpc) is 2.70. The molecule has 1 N–H and O–H groups in total. The lowest BCUT2D eigenvalue weighted by Crippen LogP contribution is -2.14. The van der Waals surface area contributed by atoms with Gasteiger partial charge >= 0.3 is 5.97 Å². The molecule has 2 rings (SSSR count). The van der Waals surface area contributed by atoms with Gasteiger partial charge in [-0.15, -0.1) is 12.6 Å². The van der Waals surface area contributed by atoms with E-state index >= 15 is 0 Å². The summed E-state index contributed by atoms with van der Waals surface area (Å²) in [5.74, 6) is 11.5. The summed E-state index contributed by atoms with van der Waals surface area (Å²) in [4.78, 5) is 12.2. The summed E-state index contributed by atoms with van der Waals surface area (Å²) in [6.07, 6.45) is 0. The molecule has 0 aromatic heterocycles. The maximum atomic E-state index is 11.3. The second-order valence-electron chi connectivity index (χ2n) is 5.32. The highest BCUT2D eigenvalue weighted by Crippen LogP contribution is 2.11. The number of carbonyl (C=O) groups excluding carboxylic acids is 1. The van der Waals surface area contributed by atoms with Gasteiger partial charge < -0.3 is 14.6 Å². The highest BCUT2D eigenvalue weighted by atomic mass is 32.1. The molecular formula is C22H18O4S. The predicted molar refractivity (Wildman–Crippen MR) is 107 cm³/mol. The van der Waals surface area contributed by atoms with Crippen LogP contribution in [0.25, 0.3) is 0 Å². The van der Waals surface area contributed by atoms with Crippen LogP contribution >= 0.6 is 12.6 Å². The molecule has 0 saturated heterocycles. The summed E-state index contributed by atoms with van der Waals surface area (Å²) in [5, 5.41) is 8.76. The van der Waals surface area contributed by atoms with Gasteiger partial charge in [-0.05, 0) is 60.4 Å². The average molecular weight is 378 g/mol. The first kappa shape index (κ1) is 20.2. The van der Waals surface area contributed by atoms with E-state index in [2.05, 4.69) is 42.9 Å². The molecule has 0 aliphatic carbocycles. The first-order chi connectivity index (χ1) is 13.1. The van der Waals surface area contributed by atoms with Gasteiger partial charge in [0.1, 0.15) is 19.0 Å². The Hall–Kier alpha value is -3.12. The van der Waals surface area contributed by atoms with Crippen molar-refractivity contribution in [2.24, 2.45) is 0 Å². The predicted octanol–water partition coefficient (Wildman–Crippen LogP) is 2.85. The smallest absolute Gasteiger partial charge is 0.335 e. The van der Waals surface area contributed by atoms with E-state index in [1.165, 1.54) is 0 Å². The number of hydrogen-bond acceptors (Lipinski definition) is 5. The Kier molecular flexibility index (Phi) is 8.06. The van der Waals surface area contributed by atoms with Gasteiger partial charge in [0, 0.05) is 16.0 Å². The topological polar surface area (TPSA) is 55.8 Å². The van der Waals surface area contributed by atoms with Crippen LogP contribution in [0.5, 0.6) is 5.75 Å². The van der Waals surface area contributed by atoms with Gasteiger partial charge in [0.05, 0.1) is 12.2 Å². The first-order valence-corrected chi connectivity index (χ1v) is 8.53. The Morgan fingerprint density at radius 3 is 2.07 bits per heavy atom. The van der Waals surface area contributed by atoms with Gasteiger partial charge in [-0.2, -0.15) is 0 Å². The molecule has 0 aliphatic heterocycles. The molecule has 2 aromatic rings. The first-order valence-electron chi connectivity index (χ1n) is 8.08. The minimum Gasteiger partial charge on any atom is -0.490 e. The van der Waals surface area contributed by atoms with Crippen LogP contribution in [0.1, 0.15) is 11.1 Å². The lowest BCUT2D eigenvalue weighted by Gasteiger charge is -2.07. The maximum Gasteiger partial charge on any atom is 0.335 e. The normalized spacial score (nSPS) is 9.26. The number of aliphatic hydroxyl groups excluding tert-OH is 1. The molecule has 0 saturated carbocycles. The number of ether oxygens (including phenoxy) is 2. The zero-order valence-electron chi connectivity index (χ0n) is 14.6. The summed E-state index contributed by atoms with van der Waals surface area (Å²) < 4.78 is 10.3. The number of benzene rings is 2. The van der Waals surface area contributed by atoms with E-state index in [1.54, 1.807) is 12.1 Å². The third-order valence-corrected chi connectivity index (χ3v) is 3.56. The number of thiol groups is 1. The van der Waals surface area contributed by atoms with Crippen LogP contribution in [-0.4, -0.2) is 30.9 Å². The number of hydrogen-bond donors (Lipinski definition) is 2. The molecule has 0 fully saturated rings. The summed E-state index contributed by atoms with van der Waals surface area (Å²) in [6, 6.07) is 14.7. The second kappa shape index (κ2) is 10.8. The van der Waals surface area contributed by atoms with Gasteiger partial charge in [0.2, 0.25) is 0 Å². The molecule has 5 heteroatoms. The minimum atomic E-state index is -0.630. The summed E-state index contributed by atoms with van der Waals surface area (Å²) >= 11 is 4.22. The van der Waals surface area contributed by atoms with Crippen LogP contribution in [0.2, 0.25) is 0 Å². The van der Waals surface area contributed by atoms with Gasteiger partial charge in [-0.3, -0.25) is 0 Å². The standard InChI is InChI=1S/C22H18O4S/c1-17(16-23)22(24)26-15-14-25-20-10-6-18(7-11-20)4-2-3-5-19-8-12-21(27)13-9-19/h6-13,23,27H,1,14-16H2. The van der Waals surface area contributed by atoms with E-state index in [-0.39, 0.29) is 18.8 Å². The summed E-state index contributed by atoms with van der Waals surface area (Å²) in [5.41, 5.74) is 1.71. The van der Waals surface area contributed by atoms with Crippen molar-refractivity contribution >= 4 is 18.6 Å². The fourth-order valence-electron chi connectivity index (χ4n) is 1.85. The van der Waals surface area contributed by atoms with Gasteiger partial charge in [-0.1, -0.05) is 18.4 Å². The summed E-state index contributed by atoms with van der Waals surface area (Å²) in [6.45, 7) is 3.23. The van der Waals surface area contributed by atoms with Crippen LogP contribution in [0.4, 0.5) is 0 Å². The quantitative estimate of drug-likeness (QED) is 0.267. The zero-order chi connectivity index (χ0) is 19.5. The summed E-state index contributed by atoms with van der Waals surface area (Å²) in [7, 11) is 0. The van der Waals surface area contributed by atoms with Crippen molar-refractivity contribution in [1.29, 1.82) is 0 Å². The largest absolute Gasteiger partial charge is 0.490 e. The number of rotatable bonds is 6. The Morgan fingerprint density at radius 1 is 0.963 bits per heavy atom. The molecule has 27 heavy (non-hydrogen) atoms. The van der Waals surface area contributed by atoms with Crippen molar-refractivity contribution in [3.63, 3.8) is 0 Å². The van der Waals surface area contributed by atoms with E-state index in [1.807, 2.05) is 36.4 Å². The molecule has 0 aliphatic rings. The van der Waals surface area contributed by atoms with Crippen molar-refractivity contribution in [2.75, 3.05) is 19.8 Å². The molecule has 0 radical (unpaired) electrons. The molecule has 0 heterocycles. The Labute approximate surface area is 164 Å². The van der Waals surface area contributed by atoms with Gasteiger partial charge in [-0.25, -0.2) is 4.79 Å². The number of aliphatic hydroxyl groups is 1. The van der Waals surface area contributed by atoms with Gasteiger partial charge in [0.15, 0.2) is 0 Å². The monoisotopic (exact) mass is 378 g/mol. The highest BCUT2D eigenvalue weighted by molar-refractivity contribution is 7.80. The minimum absolute atomic E-state index is 0.0137. The van der Waals surface area contributed by atoms with E-state index in [9.17, 15) is 4.79 Å². The van der Waals surface area contributed by atoms with Crippen LogP contribution in [0.3, 0.4) is 0 Å². The fourth-order valence-corrected chi connectivity index (χ4v) is 2.00. The lowest BCUT2D eigenvalue weighted by atomic mass is 10.2.